The molecule has 0 saturated heterocycles. The van der Waals surface area contributed by atoms with Gasteiger partial charge in [-0.15, -0.1) is 0 Å². The first kappa shape index (κ1) is 12.4. The molecule has 2 N–H and O–H groups in total. The van der Waals surface area contributed by atoms with Gasteiger partial charge in [0.2, 0.25) is 0 Å². The maximum atomic E-state index is 5.80. The Bertz CT molecular complexity index is 192. The molecular formula is C12H23N. The summed E-state index contributed by atoms with van der Waals surface area (Å²) in [7, 11) is 0. The molecule has 0 heterocycles. The van der Waals surface area contributed by atoms with Crippen molar-refractivity contribution in [3.63, 3.8) is 0 Å². The van der Waals surface area contributed by atoms with Crippen LogP contribution in [0.15, 0.2) is 24.3 Å². The average molecular weight is 181 g/mol. The van der Waals surface area contributed by atoms with E-state index in [1.54, 1.807) is 0 Å². The number of nitrogens with two attached hydrogens (primary N) is 1. The zero-order valence-corrected chi connectivity index (χ0v) is 9.59. The van der Waals surface area contributed by atoms with E-state index in [-0.39, 0.29) is 5.54 Å². The van der Waals surface area contributed by atoms with Gasteiger partial charge in [-0.3, -0.25) is 0 Å². The van der Waals surface area contributed by atoms with Crippen molar-refractivity contribution in [1.82, 2.24) is 0 Å². The molecule has 0 aliphatic heterocycles. The Morgan fingerprint density at radius 2 is 1.46 bits per heavy atom. The topological polar surface area (TPSA) is 26.0 Å². The van der Waals surface area contributed by atoms with Crippen LogP contribution in [0.1, 0.15) is 41.0 Å². The molecule has 0 saturated carbocycles. The molecule has 0 aromatic heterocycles. The highest BCUT2D eigenvalue weighted by Gasteiger charge is 2.08. The van der Waals surface area contributed by atoms with Gasteiger partial charge in [-0.2, -0.15) is 0 Å². The molecule has 0 aliphatic carbocycles. The van der Waals surface area contributed by atoms with E-state index in [4.69, 9.17) is 5.73 Å². The van der Waals surface area contributed by atoms with Crippen LogP contribution in [-0.2, 0) is 0 Å². The maximum Gasteiger partial charge on any atom is 0.0284 e. The molecule has 0 atom stereocenters. The van der Waals surface area contributed by atoms with Crippen LogP contribution < -0.4 is 5.73 Å². The molecule has 76 valence electrons. The molecule has 0 aliphatic rings. The molecule has 0 amide bonds. The van der Waals surface area contributed by atoms with Crippen LogP contribution in [0.3, 0.4) is 0 Å². The summed E-state index contributed by atoms with van der Waals surface area (Å²) in [5, 5.41) is 0. The Morgan fingerprint density at radius 1 is 1.00 bits per heavy atom. The minimum absolute atomic E-state index is 0.208. The van der Waals surface area contributed by atoms with Crippen LogP contribution in [0.5, 0.6) is 0 Å². The first-order valence-electron chi connectivity index (χ1n) is 4.93. The van der Waals surface area contributed by atoms with Crippen molar-refractivity contribution in [2.45, 2.75) is 46.6 Å². The highest BCUT2D eigenvalue weighted by molar-refractivity contribution is 5.11. The van der Waals surface area contributed by atoms with Crippen molar-refractivity contribution in [3.05, 3.63) is 24.3 Å². The third-order valence-corrected chi connectivity index (χ3v) is 2.10. The summed E-state index contributed by atoms with van der Waals surface area (Å²) in [5.41, 5.74) is 5.88. The van der Waals surface area contributed by atoms with Crippen LogP contribution in [0.25, 0.3) is 0 Å². The molecule has 0 unspecified atom stereocenters. The Balaban J connectivity index is 4.09. The third-order valence-electron chi connectivity index (χ3n) is 2.10. The predicted octanol–water partition coefficient (Wildman–Crippen LogP) is 3.27. The summed E-state index contributed by atoms with van der Waals surface area (Å²) < 4.78 is 0. The number of allylic oxidation sites excluding steroid dienone is 3. The van der Waals surface area contributed by atoms with Crippen LogP contribution >= 0.6 is 0 Å². The first-order valence-corrected chi connectivity index (χ1v) is 4.93. The third kappa shape index (κ3) is 7.79. The van der Waals surface area contributed by atoms with Gasteiger partial charge < -0.3 is 5.73 Å². The minimum Gasteiger partial charge on any atom is -0.322 e. The quantitative estimate of drug-likeness (QED) is 0.662. The van der Waals surface area contributed by atoms with Crippen molar-refractivity contribution in [2.75, 3.05) is 0 Å². The molecule has 0 fully saturated rings. The maximum absolute atomic E-state index is 5.80. The summed E-state index contributed by atoms with van der Waals surface area (Å²) >= 11 is 0. The molecular weight excluding hydrogens is 158 g/mol. The van der Waals surface area contributed by atoms with Crippen molar-refractivity contribution in [3.8, 4) is 0 Å². The second-order valence-corrected chi connectivity index (χ2v) is 4.88. The molecule has 1 nitrogen and oxygen atoms in total. The molecule has 0 radical (unpaired) electrons. The fourth-order valence-corrected chi connectivity index (χ4v) is 0.737. The molecule has 0 bridgehead atoms. The Hall–Kier alpha value is -0.560. The predicted molar refractivity (Wildman–Crippen MR) is 60.6 cm³/mol. The van der Waals surface area contributed by atoms with E-state index in [1.165, 1.54) is 0 Å². The van der Waals surface area contributed by atoms with E-state index in [0.29, 0.717) is 5.41 Å². The average Bonchev–Trinajstić information content (AvgIpc) is 1.97. The van der Waals surface area contributed by atoms with Crippen molar-refractivity contribution < 1.29 is 0 Å². The van der Waals surface area contributed by atoms with Gasteiger partial charge in [0, 0.05) is 5.54 Å². The lowest BCUT2D eigenvalue weighted by molar-refractivity contribution is 0.462. The van der Waals surface area contributed by atoms with Crippen molar-refractivity contribution in [2.24, 2.45) is 11.1 Å². The lowest BCUT2D eigenvalue weighted by Gasteiger charge is -2.16. The highest BCUT2D eigenvalue weighted by atomic mass is 14.7. The van der Waals surface area contributed by atoms with Gasteiger partial charge >= 0.3 is 0 Å². The fourth-order valence-electron chi connectivity index (χ4n) is 0.737. The summed E-state index contributed by atoms with van der Waals surface area (Å²) in [6, 6.07) is 0. The van der Waals surface area contributed by atoms with E-state index in [9.17, 15) is 0 Å². The van der Waals surface area contributed by atoms with Crippen molar-refractivity contribution in [1.29, 1.82) is 0 Å². The Kier molecular flexibility index (Phi) is 4.41. The molecule has 13 heavy (non-hydrogen) atoms. The molecule has 0 rings (SSSR count). The van der Waals surface area contributed by atoms with E-state index in [0.717, 1.165) is 6.42 Å². The summed E-state index contributed by atoms with van der Waals surface area (Å²) in [6.45, 7) is 10.6. The molecule has 0 aromatic rings. The van der Waals surface area contributed by atoms with Crippen LogP contribution in [-0.4, -0.2) is 5.54 Å². The molecule has 0 spiro atoms. The van der Waals surface area contributed by atoms with Gasteiger partial charge in [0.15, 0.2) is 0 Å². The van der Waals surface area contributed by atoms with E-state index >= 15 is 0 Å². The zero-order valence-electron chi connectivity index (χ0n) is 9.59. The smallest absolute Gasteiger partial charge is 0.0284 e. The summed E-state index contributed by atoms with van der Waals surface area (Å²) in [5.74, 6) is 0. The summed E-state index contributed by atoms with van der Waals surface area (Å²) in [4.78, 5) is 0. The minimum atomic E-state index is -0.208. The Labute approximate surface area is 82.7 Å². The molecule has 1 heteroatoms. The van der Waals surface area contributed by atoms with Crippen LogP contribution in [0.4, 0.5) is 0 Å². The number of hydrogen-bond donors (Lipinski definition) is 1. The second-order valence-electron chi connectivity index (χ2n) is 4.88. The zero-order chi connectivity index (χ0) is 10.5. The summed E-state index contributed by atoms with van der Waals surface area (Å²) in [6.07, 6.45) is 9.49. The van der Waals surface area contributed by atoms with E-state index in [1.807, 2.05) is 26.0 Å². The lowest BCUT2D eigenvalue weighted by Crippen LogP contribution is -2.28. The van der Waals surface area contributed by atoms with Gasteiger partial charge in [-0.05, 0) is 25.7 Å². The normalized spacial score (nSPS) is 14.6. The standard InChI is InChI=1S/C12H23N/c1-6-11(2,3)9-7-8-10-12(4,5)13/h7-10H,6,13H2,1-5H3/b9-7-,10-8-. The lowest BCUT2D eigenvalue weighted by atomic mass is 9.90. The number of rotatable bonds is 4. The van der Waals surface area contributed by atoms with Crippen LogP contribution in [0, 0.1) is 5.41 Å². The monoisotopic (exact) mass is 181 g/mol. The van der Waals surface area contributed by atoms with Gasteiger partial charge in [0.05, 0.1) is 0 Å². The second kappa shape index (κ2) is 4.61. The van der Waals surface area contributed by atoms with Gasteiger partial charge in [-0.1, -0.05) is 45.1 Å². The van der Waals surface area contributed by atoms with Crippen molar-refractivity contribution >= 4 is 0 Å². The van der Waals surface area contributed by atoms with Gasteiger partial charge in [-0.25, -0.2) is 0 Å². The largest absolute Gasteiger partial charge is 0.322 e. The van der Waals surface area contributed by atoms with E-state index < -0.39 is 0 Å². The number of hydrogen-bond acceptors (Lipinski definition) is 1. The fraction of sp³-hybridized carbons (Fsp3) is 0.667. The SMILES string of the molecule is CCC(C)(C)/C=C\C=C/C(C)(C)N. The van der Waals surface area contributed by atoms with E-state index in [2.05, 4.69) is 32.9 Å². The van der Waals surface area contributed by atoms with Crippen LogP contribution in [0.2, 0.25) is 0 Å². The first-order chi connectivity index (χ1) is 5.77. The molecule has 0 aromatic carbocycles. The Morgan fingerprint density at radius 3 is 1.85 bits per heavy atom. The highest BCUT2D eigenvalue weighted by Crippen LogP contribution is 2.20. The van der Waals surface area contributed by atoms with Gasteiger partial charge in [0.25, 0.3) is 0 Å². The van der Waals surface area contributed by atoms with Gasteiger partial charge in [0.1, 0.15) is 0 Å².